The average molecular weight is 195 g/mol. The van der Waals surface area contributed by atoms with Gasteiger partial charge in [-0.15, -0.1) is 11.6 Å². The van der Waals surface area contributed by atoms with E-state index in [4.69, 9.17) is 11.6 Å². The molecule has 0 spiro atoms. The topological polar surface area (TPSA) is 0 Å². The fourth-order valence-corrected chi connectivity index (χ4v) is 1.49. The molecular weight excluding hydrogens is 180 g/mol. The van der Waals surface area contributed by atoms with Crippen LogP contribution in [-0.2, 0) is 0 Å². The van der Waals surface area contributed by atoms with Crippen LogP contribution in [0.3, 0.4) is 0 Å². The highest BCUT2D eigenvalue weighted by atomic mass is 35.5. The van der Waals surface area contributed by atoms with E-state index in [0.717, 1.165) is 12.8 Å². The van der Waals surface area contributed by atoms with Crippen LogP contribution in [0, 0.1) is 0 Å². The molecule has 70 valence electrons. The zero-order chi connectivity index (χ0) is 9.52. The van der Waals surface area contributed by atoms with E-state index in [1.54, 1.807) is 0 Å². The number of hydrogen-bond donors (Lipinski definition) is 0. The highest BCUT2D eigenvalue weighted by Crippen LogP contribution is 2.12. The maximum absolute atomic E-state index is 5.83. The molecule has 0 saturated carbocycles. The van der Waals surface area contributed by atoms with Gasteiger partial charge in [0.15, 0.2) is 0 Å². The normalized spacial score (nSPS) is 11.7. The van der Waals surface area contributed by atoms with Crippen LogP contribution < -0.4 is 0 Å². The molecule has 0 heterocycles. The molecule has 0 aromatic heterocycles. The third kappa shape index (κ3) is 3.65. The SMILES string of the molecule is CCC/C(=C\c1ccccc1)CCl. The molecule has 0 aliphatic rings. The number of allylic oxidation sites excluding steroid dienone is 1. The summed E-state index contributed by atoms with van der Waals surface area (Å²) in [6.07, 6.45) is 4.43. The van der Waals surface area contributed by atoms with Crippen molar-refractivity contribution in [2.24, 2.45) is 0 Å². The van der Waals surface area contributed by atoms with Crippen molar-refractivity contribution in [3.8, 4) is 0 Å². The van der Waals surface area contributed by atoms with E-state index in [0.29, 0.717) is 5.88 Å². The van der Waals surface area contributed by atoms with Gasteiger partial charge in [-0.25, -0.2) is 0 Å². The minimum atomic E-state index is 0.642. The molecular formula is C12H15Cl. The monoisotopic (exact) mass is 194 g/mol. The molecule has 1 aromatic rings. The molecule has 13 heavy (non-hydrogen) atoms. The predicted molar refractivity (Wildman–Crippen MR) is 60.0 cm³/mol. The summed E-state index contributed by atoms with van der Waals surface area (Å²) >= 11 is 5.83. The van der Waals surface area contributed by atoms with Crippen LogP contribution in [-0.4, -0.2) is 5.88 Å². The Morgan fingerprint density at radius 2 is 2.00 bits per heavy atom. The van der Waals surface area contributed by atoms with Crippen molar-refractivity contribution >= 4 is 17.7 Å². The first-order valence-electron chi connectivity index (χ1n) is 4.67. The van der Waals surface area contributed by atoms with Crippen molar-refractivity contribution in [3.05, 3.63) is 41.5 Å². The average Bonchev–Trinajstić information content (AvgIpc) is 2.19. The van der Waals surface area contributed by atoms with Gasteiger partial charge in [-0.05, 0) is 12.0 Å². The van der Waals surface area contributed by atoms with Gasteiger partial charge >= 0.3 is 0 Å². The first kappa shape index (κ1) is 10.3. The minimum Gasteiger partial charge on any atom is -0.122 e. The van der Waals surface area contributed by atoms with Gasteiger partial charge in [0.1, 0.15) is 0 Å². The summed E-state index contributed by atoms with van der Waals surface area (Å²) < 4.78 is 0. The van der Waals surface area contributed by atoms with Gasteiger partial charge in [0.05, 0.1) is 0 Å². The number of benzene rings is 1. The summed E-state index contributed by atoms with van der Waals surface area (Å²) in [6, 6.07) is 10.3. The van der Waals surface area contributed by atoms with Crippen LogP contribution in [0.4, 0.5) is 0 Å². The lowest BCUT2D eigenvalue weighted by Crippen LogP contribution is -1.84. The predicted octanol–water partition coefficient (Wildman–Crippen LogP) is 4.11. The molecule has 0 fully saturated rings. The third-order valence-corrected chi connectivity index (χ3v) is 2.26. The highest BCUT2D eigenvalue weighted by molar-refractivity contribution is 6.19. The molecule has 0 atom stereocenters. The van der Waals surface area contributed by atoms with E-state index in [1.807, 2.05) is 18.2 Å². The van der Waals surface area contributed by atoms with Crippen molar-refractivity contribution in [2.45, 2.75) is 19.8 Å². The van der Waals surface area contributed by atoms with Gasteiger partial charge < -0.3 is 0 Å². The molecule has 0 N–H and O–H groups in total. The Labute approximate surface area is 85.2 Å². The Kier molecular flexibility index (Phi) is 4.63. The van der Waals surface area contributed by atoms with Gasteiger partial charge in [0.25, 0.3) is 0 Å². The van der Waals surface area contributed by atoms with Crippen LogP contribution in [0.1, 0.15) is 25.3 Å². The van der Waals surface area contributed by atoms with Crippen LogP contribution >= 0.6 is 11.6 Å². The summed E-state index contributed by atoms with van der Waals surface area (Å²) in [5.74, 6) is 0.642. The molecule has 0 saturated heterocycles. The Hall–Kier alpha value is -0.750. The second-order valence-corrected chi connectivity index (χ2v) is 3.36. The van der Waals surface area contributed by atoms with Crippen LogP contribution in [0.2, 0.25) is 0 Å². The van der Waals surface area contributed by atoms with E-state index < -0.39 is 0 Å². The van der Waals surface area contributed by atoms with Crippen LogP contribution in [0.5, 0.6) is 0 Å². The highest BCUT2D eigenvalue weighted by Gasteiger charge is 1.93. The zero-order valence-corrected chi connectivity index (χ0v) is 8.72. The van der Waals surface area contributed by atoms with Gasteiger partial charge in [0, 0.05) is 5.88 Å². The quantitative estimate of drug-likeness (QED) is 0.633. The van der Waals surface area contributed by atoms with Crippen molar-refractivity contribution < 1.29 is 0 Å². The third-order valence-electron chi connectivity index (χ3n) is 1.91. The summed E-state index contributed by atoms with van der Waals surface area (Å²) in [5, 5.41) is 0. The van der Waals surface area contributed by atoms with Crippen molar-refractivity contribution in [1.29, 1.82) is 0 Å². The maximum atomic E-state index is 5.83. The van der Waals surface area contributed by atoms with Crippen molar-refractivity contribution in [3.63, 3.8) is 0 Å². The molecule has 0 unspecified atom stereocenters. The molecule has 0 aliphatic heterocycles. The van der Waals surface area contributed by atoms with E-state index in [1.165, 1.54) is 11.1 Å². The number of alkyl halides is 1. The minimum absolute atomic E-state index is 0.642. The lowest BCUT2D eigenvalue weighted by molar-refractivity contribution is 0.913. The first-order chi connectivity index (χ1) is 6.36. The lowest BCUT2D eigenvalue weighted by atomic mass is 10.1. The Morgan fingerprint density at radius 1 is 1.31 bits per heavy atom. The smallest absolute Gasteiger partial charge is 0.0436 e. The lowest BCUT2D eigenvalue weighted by Gasteiger charge is -2.00. The molecule has 1 rings (SSSR count). The summed E-state index contributed by atoms with van der Waals surface area (Å²) in [4.78, 5) is 0. The van der Waals surface area contributed by atoms with Crippen molar-refractivity contribution in [1.82, 2.24) is 0 Å². The molecule has 1 aromatic carbocycles. The fourth-order valence-electron chi connectivity index (χ4n) is 1.28. The number of hydrogen-bond acceptors (Lipinski definition) is 0. The zero-order valence-electron chi connectivity index (χ0n) is 7.96. The van der Waals surface area contributed by atoms with Crippen molar-refractivity contribution in [2.75, 3.05) is 5.88 Å². The largest absolute Gasteiger partial charge is 0.122 e. The standard InChI is InChI=1S/C12H15Cl/c1-2-6-12(10-13)9-11-7-4-3-5-8-11/h3-5,7-9H,2,6,10H2,1H3/b12-9+. The maximum Gasteiger partial charge on any atom is 0.0436 e. The van der Waals surface area contributed by atoms with Crippen LogP contribution in [0.25, 0.3) is 6.08 Å². The second kappa shape index (κ2) is 5.82. The summed E-state index contributed by atoms with van der Waals surface area (Å²) in [7, 11) is 0. The number of rotatable bonds is 4. The molecule has 0 amide bonds. The molecule has 1 heteroatoms. The molecule has 0 bridgehead atoms. The Bertz CT molecular complexity index is 262. The van der Waals surface area contributed by atoms with E-state index in [-0.39, 0.29) is 0 Å². The fraction of sp³-hybridized carbons (Fsp3) is 0.333. The van der Waals surface area contributed by atoms with Gasteiger partial charge in [-0.2, -0.15) is 0 Å². The van der Waals surface area contributed by atoms with Crippen LogP contribution in [0.15, 0.2) is 35.9 Å². The Morgan fingerprint density at radius 3 is 2.54 bits per heavy atom. The van der Waals surface area contributed by atoms with E-state index in [9.17, 15) is 0 Å². The summed E-state index contributed by atoms with van der Waals surface area (Å²) in [5.41, 5.74) is 2.56. The van der Waals surface area contributed by atoms with E-state index in [2.05, 4.69) is 25.1 Å². The summed E-state index contributed by atoms with van der Waals surface area (Å²) in [6.45, 7) is 2.17. The van der Waals surface area contributed by atoms with Gasteiger partial charge in [-0.3, -0.25) is 0 Å². The Balaban J connectivity index is 2.73. The molecule has 0 nitrogen and oxygen atoms in total. The van der Waals surface area contributed by atoms with Gasteiger partial charge in [-0.1, -0.05) is 55.3 Å². The van der Waals surface area contributed by atoms with E-state index >= 15 is 0 Å². The molecule has 0 radical (unpaired) electrons. The number of halogens is 1. The second-order valence-electron chi connectivity index (χ2n) is 3.10. The first-order valence-corrected chi connectivity index (χ1v) is 5.20. The molecule has 0 aliphatic carbocycles. The van der Waals surface area contributed by atoms with Gasteiger partial charge in [0.2, 0.25) is 0 Å².